The highest BCUT2D eigenvalue weighted by atomic mass is 16.7. The summed E-state index contributed by atoms with van der Waals surface area (Å²) in [6.07, 6.45) is 9.29. The smallest absolute Gasteiger partial charge is 0.288 e. The van der Waals surface area contributed by atoms with Crippen molar-refractivity contribution < 1.29 is 33.6 Å². The third kappa shape index (κ3) is 7.51. The van der Waals surface area contributed by atoms with E-state index >= 15 is 0 Å². The van der Waals surface area contributed by atoms with Gasteiger partial charge in [0, 0.05) is 56.6 Å². The lowest BCUT2D eigenvalue weighted by Gasteiger charge is -2.38. The molecule has 4 rings (SSSR count). The van der Waals surface area contributed by atoms with E-state index < -0.39 is 6.29 Å². The highest BCUT2D eigenvalue weighted by Gasteiger charge is 2.40. The van der Waals surface area contributed by atoms with Crippen LogP contribution in [0.3, 0.4) is 0 Å². The molecule has 9 heteroatoms. The van der Waals surface area contributed by atoms with Gasteiger partial charge in [0.05, 0.1) is 31.9 Å². The minimum absolute atomic E-state index is 0.0180. The Labute approximate surface area is 237 Å². The van der Waals surface area contributed by atoms with Crippen LogP contribution in [0.1, 0.15) is 68.6 Å². The van der Waals surface area contributed by atoms with Gasteiger partial charge in [0.1, 0.15) is 0 Å². The number of nitrogens with zero attached hydrogens (tertiary/aromatic N) is 2. The molecule has 1 amide bonds. The van der Waals surface area contributed by atoms with Crippen molar-refractivity contribution >= 4 is 22.7 Å². The van der Waals surface area contributed by atoms with Gasteiger partial charge in [-0.2, -0.15) is 0 Å². The third-order valence-electron chi connectivity index (χ3n) is 7.71. The highest BCUT2D eigenvalue weighted by Crippen LogP contribution is 2.42. The number of rotatable bonds is 12. The van der Waals surface area contributed by atoms with Crippen molar-refractivity contribution in [2.45, 2.75) is 64.6 Å². The van der Waals surface area contributed by atoms with Crippen molar-refractivity contribution in [3.05, 3.63) is 47.9 Å². The largest absolute Gasteiger partial charge is 0.459 e. The van der Waals surface area contributed by atoms with E-state index in [-0.39, 0.29) is 36.9 Å². The van der Waals surface area contributed by atoms with Crippen molar-refractivity contribution in [3.63, 3.8) is 0 Å². The molecular formula is C31H44N2O7. The molecule has 0 aliphatic carbocycles. The fraction of sp³-hybridized carbons (Fsp3) is 0.613. The van der Waals surface area contributed by atoms with Gasteiger partial charge >= 0.3 is 0 Å². The fourth-order valence-corrected chi connectivity index (χ4v) is 5.73. The lowest BCUT2D eigenvalue weighted by Crippen LogP contribution is -2.41. The van der Waals surface area contributed by atoms with E-state index in [1.165, 1.54) is 6.42 Å². The topological polar surface area (TPSA) is 99.5 Å². The van der Waals surface area contributed by atoms with Crippen molar-refractivity contribution in [3.8, 4) is 0 Å². The molecule has 1 aromatic heterocycles. The van der Waals surface area contributed by atoms with Gasteiger partial charge in [-0.05, 0) is 43.9 Å². The Morgan fingerprint density at radius 2 is 1.70 bits per heavy atom. The summed E-state index contributed by atoms with van der Waals surface area (Å²) in [5.41, 5.74) is 1.80. The van der Waals surface area contributed by atoms with Crippen LogP contribution in [0.15, 0.2) is 42.3 Å². The van der Waals surface area contributed by atoms with Gasteiger partial charge in [0.2, 0.25) is 12.2 Å². The Kier molecular flexibility index (Phi) is 11.6. The zero-order chi connectivity index (χ0) is 28.3. The predicted octanol–water partition coefficient (Wildman–Crippen LogP) is 4.49. The number of hydrogen-bond donors (Lipinski definition) is 1. The van der Waals surface area contributed by atoms with E-state index in [4.69, 9.17) is 24.1 Å². The van der Waals surface area contributed by atoms with Gasteiger partial charge in [-0.3, -0.25) is 14.2 Å². The van der Waals surface area contributed by atoms with Gasteiger partial charge in [-0.15, -0.1) is 0 Å². The normalized spacial score (nSPS) is 21.9. The number of ether oxygens (including phenoxy) is 4. The number of para-hydroxylation sites is 1. The number of allylic oxidation sites excluding steroid dienone is 1. The van der Waals surface area contributed by atoms with Gasteiger partial charge in [0.25, 0.3) is 5.91 Å². The molecule has 3 atom stereocenters. The van der Waals surface area contributed by atoms with Crippen molar-refractivity contribution in [1.82, 2.24) is 9.47 Å². The minimum Gasteiger partial charge on any atom is -0.459 e. The number of likely N-dealkylation sites (tertiary alicyclic amines) is 1. The summed E-state index contributed by atoms with van der Waals surface area (Å²) in [4.78, 5) is 28.2. The summed E-state index contributed by atoms with van der Waals surface area (Å²) in [7, 11) is 0. The number of hydrogen-bond acceptors (Lipinski definition) is 7. The lowest BCUT2D eigenvalue weighted by molar-refractivity contribution is -0.172. The van der Waals surface area contributed by atoms with E-state index in [0.717, 1.165) is 55.2 Å². The second-order valence-electron chi connectivity index (χ2n) is 10.4. The second kappa shape index (κ2) is 15.3. The number of aliphatic hydroxyl groups is 1. The summed E-state index contributed by atoms with van der Waals surface area (Å²) in [5, 5.41) is 9.86. The molecule has 0 saturated carbocycles. The van der Waals surface area contributed by atoms with Crippen molar-refractivity contribution in [2.24, 2.45) is 5.92 Å². The van der Waals surface area contributed by atoms with Crippen LogP contribution in [0.2, 0.25) is 0 Å². The third-order valence-corrected chi connectivity index (χ3v) is 7.71. The first-order valence-corrected chi connectivity index (χ1v) is 14.7. The molecule has 3 heterocycles. The monoisotopic (exact) mass is 556 g/mol. The van der Waals surface area contributed by atoms with E-state index in [2.05, 4.69) is 0 Å². The molecule has 0 spiro atoms. The standard InChI is InChI=1S/C31H44N2O7/c1-3-39-31-25(13-17-37-19-20-38-18-16-34)26(27-22-33(23(2)35)28-12-8-7-11-24(27)28)21-29(40-31)30(36)32-14-9-5-4-6-10-15-32/h7-8,11-12,21-22,25-26,31,34H,3-6,9-10,13-20H2,1-2H3. The second-order valence-corrected chi connectivity index (χ2v) is 10.4. The number of aliphatic hydroxyl groups excluding tert-OH is 1. The van der Waals surface area contributed by atoms with Gasteiger partial charge in [-0.25, -0.2) is 0 Å². The summed E-state index contributed by atoms with van der Waals surface area (Å²) in [6.45, 7) is 6.89. The van der Waals surface area contributed by atoms with Crippen LogP contribution in [-0.2, 0) is 23.7 Å². The molecule has 1 N–H and O–H groups in total. The van der Waals surface area contributed by atoms with Crippen LogP contribution >= 0.6 is 0 Å². The molecule has 0 radical (unpaired) electrons. The number of fused-ring (bicyclic) bond motifs is 1. The Morgan fingerprint density at radius 3 is 2.40 bits per heavy atom. The molecule has 3 unspecified atom stereocenters. The van der Waals surface area contributed by atoms with E-state index in [1.807, 2.05) is 48.4 Å². The molecule has 2 aromatic rings. The van der Waals surface area contributed by atoms with E-state index in [0.29, 0.717) is 38.6 Å². The van der Waals surface area contributed by atoms with Crippen LogP contribution in [0.5, 0.6) is 0 Å². The molecule has 1 aromatic carbocycles. The van der Waals surface area contributed by atoms with Crippen LogP contribution in [0.4, 0.5) is 0 Å². The van der Waals surface area contributed by atoms with Gasteiger partial charge in [0.15, 0.2) is 5.76 Å². The average molecular weight is 557 g/mol. The number of carbonyl (C=O) groups is 2. The first-order chi connectivity index (χ1) is 19.5. The molecule has 40 heavy (non-hydrogen) atoms. The maximum Gasteiger partial charge on any atom is 0.288 e. The molecule has 0 bridgehead atoms. The number of benzene rings is 1. The zero-order valence-electron chi connectivity index (χ0n) is 23.9. The molecule has 1 saturated heterocycles. The predicted molar refractivity (Wildman–Crippen MR) is 152 cm³/mol. The molecular weight excluding hydrogens is 512 g/mol. The SMILES string of the molecule is CCOC1OC(C(=O)N2CCCCCCC2)=CC(c2cn(C(C)=O)c3ccccc23)C1CCOCCOCCO. The first-order valence-electron chi connectivity index (χ1n) is 14.7. The Hall–Kier alpha value is -2.72. The highest BCUT2D eigenvalue weighted by molar-refractivity contribution is 5.95. The quantitative estimate of drug-likeness (QED) is 0.385. The summed E-state index contributed by atoms with van der Waals surface area (Å²) >= 11 is 0. The molecule has 9 nitrogen and oxygen atoms in total. The number of aromatic nitrogens is 1. The van der Waals surface area contributed by atoms with Crippen LogP contribution in [0.25, 0.3) is 10.9 Å². The lowest BCUT2D eigenvalue weighted by atomic mass is 9.81. The minimum atomic E-state index is -0.637. The maximum atomic E-state index is 13.8. The Bertz CT molecular complexity index is 1140. The van der Waals surface area contributed by atoms with Gasteiger partial charge < -0.3 is 29.0 Å². The summed E-state index contributed by atoms with van der Waals surface area (Å²) in [6, 6.07) is 7.86. The molecule has 2 aliphatic rings. The molecule has 2 aliphatic heterocycles. The number of amides is 1. The van der Waals surface area contributed by atoms with E-state index in [1.54, 1.807) is 11.5 Å². The van der Waals surface area contributed by atoms with Gasteiger partial charge in [-0.1, -0.05) is 37.5 Å². The van der Waals surface area contributed by atoms with E-state index in [9.17, 15) is 9.59 Å². The zero-order valence-corrected chi connectivity index (χ0v) is 23.9. The fourth-order valence-electron chi connectivity index (χ4n) is 5.73. The first kappa shape index (κ1) is 30.2. The Morgan fingerprint density at radius 1 is 1.00 bits per heavy atom. The summed E-state index contributed by atoms with van der Waals surface area (Å²) < 4.78 is 25.3. The molecule has 220 valence electrons. The van der Waals surface area contributed by atoms with Crippen LogP contribution in [0, 0.1) is 5.92 Å². The van der Waals surface area contributed by atoms with Crippen molar-refractivity contribution in [1.29, 1.82) is 0 Å². The van der Waals surface area contributed by atoms with Crippen LogP contribution < -0.4 is 0 Å². The summed E-state index contributed by atoms with van der Waals surface area (Å²) in [5.74, 6) is -0.215. The molecule has 1 fully saturated rings. The van der Waals surface area contributed by atoms with Crippen LogP contribution in [-0.4, -0.2) is 85.4 Å². The maximum absolute atomic E-state index is 13.8. The Balaban J connectivity index is 1.67. The number of carbonyl (C=O) groups excluding carboxylic acids is 2. The average Bonchev–Trinajstić information content (AvgIpc) is 3.33. The van der Waals surface area contributed by atoms with Crippen molar-refractivity contribution in [2.75, 3.05) is 52.7 Å².